The van der Waals surface area contributed by atoms with Gasteiger partial charge in [-0.05, 0) is 18.2 Å². The summed E-state index contributed by atoms with van der Waals surface area (Å²) in [5.74, 6) is -1.92. The Morgan fingerprint density at radius 1 is 1.25 bits per heavy atom. The maximum Gasteiger partial charge on any atom is 0.416 e. The van der Waals surface area contributed by atoms with Crippen LogP contribution < -0.4 is 11.1 Å². The molecule has 0 aliphatic carbocycles. The Bertz CT molecular complexity index is 1060. The fourth-order valence-corrected chi connectivity index (χ4v) is 2.51. The zero-order chi connectivity index (χ0) is 20.5. The molecule has 0 bridgehead atoms. The van der Waals surface area contributed by atoms with Gasteiger partial charge in [0, 0.05) is 19.5 Å². The summed E-state index contributed by atoms with van der Waals surface area (Å²) in [4.78, 5) is 32.0. The summed E-state index contributed by atoms with van der Waals surface area (Å²) in [7, 11) is 1.38. The number of rotatable bonds is 5. The summed E-state index contributed by atoms with van der Waals surface area (Å²) in [6.07, 6.45) is -2.41. The fraction of sp³-hybridized carbons (Fsp3) is 0.188. The zero-order valence-corrected chi connectivity index (χ0v) is 14.3. The highest BCUT2D eigenvalue weighted by Crippen LogP contribution is 2.30. The van der Waals surface area contributed by atoms with Crippen LogP contribution in [0.5, 0.6) is 0 Å². The summed E-state index contributed by atoms with van der Waals surface area (Å²) >= 11 is 0. The highest BCUT2D eigenvalue weighted by molar-refractivity contribution is 6.04. The van der Waals surface area contributed by atoms with Gasteiger partial charge in [-0.25, -0.2) is 14.5 Å². The molecule has 0 saturated heterocycles. The largest absolute Gasteiger partial charge is 0.416 e. The average molecular weight is 394 g/mol. The van der Waals surface area contributed by atoms with E-state index in [1.807, 2.05) is 0 Å². The lowest BCUT2D eigenvalue weighted by atomic mass is 10.2. The highest BCUT2D eigenvalue weighted by atomic mass is 19.4. The number of amides is 2. The van der Waals surface area contributed by atoms with Crippen LogP contribution in [0.25, 0.3) is 5.65 Å². The van der Waals surface area contributed by atoms with Gasteiger partial charge in [-0.1, -0.05) is 0 Å². The van der Waals surface area contributed by atoms with Crippen LogP contribution in [0.2, 0.25) is 0 Å². The number of carbonyl (C=O) groups excluding carboxylic acids is 2. The van der Waals surface area contributed by atoms with E-state index in [4.69, 9.17) is 10.5 Å². The molecule has 0 aromatic carbocycles. The van der Waals surface area contributed by atoms with Crippen molar-refractivity contribution in [2.24, 2.45) is 5.73 Å². The number of ether oxygens (including phenoxy) is 1. The molecule has 0 saturated carbocycles. The van der Waals surface area contributed by atoms with E-state index in [0.29, 0.717) is 6.07 Å². The number of nitrogens with zero attached hydrogens (tertiary/aromatic N) is 4. The molecule has 0 spiro atoms. The number of aromatic nitrogens is 4. The SMILES string of the molecule is COCc1nn2c(C(=O)Nc3cc(C(F)(F)F)ccn3)ccnc2c1C(N)=O. The van der Waals surface area contributed by atoms with Crippen molar-refractivity contribution < 1.29 is 27.5 Å². The summed E-state index contributed by atoms with van der Waals surface area (Å²) < 4.78 is 44.5. The first-order valence-electron chi connectivity index (χ1n) is 7.72. The Kier molecular flexibility index (Phi) is 4.96. The number of halogens is 3. The van der Waals surface area contributed by atoms with Crippen molar-refractivity contribution in [2.75, 3.05) is 12.4 Å². The minimum Gasteiger partial charge on any atom is -0.378 e. The van der Waals surface area contributed by atoms with Crippen LogP contribution in [0.15, 0.2) is 30.6 Å². The number of alkyl halides is 3. The number of carbonyl (C=O) groups is 2. The van der Waals surface area contributed by atoms with Crippen LogP contribution in [-0.2, 0) is 17.5 Å². The lowest BCUT2D eigenvalue weighted by Gasteiger charge is -2.09. The predicted molar refractivity (Wildman–Crippen MR) is 89.4 cm³/mol. The van der Waals surface area contributed by atoms with Gasteiger partial charge in [0.25, 0.3) is 11.8 Å². The van der Waals surface area contributed by atoms with Crippen molar-refractivity contribution in [1.82, 2.24) is 19.6 Å². The lowest BCUT2D eigenvalue weighted by molar-refractivity contribution is -0.137. The Morgan fingerprint density at radius 2 is 1.96 bits per heavy atom. The molecular weight excluding hydrogens is 381 g/mol. The van der Waals surface area contributed by atoms with Crippen molar-refractivity contribution in [3.63, 3.8) is 0 Å². The van der Waals surface area contributed by atoms with Crippen molar-refractivity contribution in [3.05, 3.63) is 53.1 Å². The monoisotopic (exact) mass is 394 g/mol. The van der Waals surface area contributed by atoms with Gasteiger partial charge in [-0.3, -0.25) is 9.59 Å². The number of anilines is 1. The van der Waals surface area contributed by atoms with Crippen LogP contribution in [0.3, 0.4) is 0 Å². The number of primary amides is 1. The number of fused-ring (bicyclic) bond motifs is 1. The second-order valence-corrected chi connectivity index (χ2v) is 5.57. The Balaban J connectivity index is 2.01. The second kappa shape index (κ2) is 7.23. The summed E-state index contributed by atoms with van der Waals surface area (Å²) in [5.41, 5.74) is 4.47. The molecule has 3 rings (SSSR count). The average Bonchev–Trinajstić information content (AvgIpc) is 2.99. The third-order valence-electron chi connectivity index (χ3n) is 3.68. The molecule has 9 nitrogen and oxygen atoms in total. The van der Waals surface area contributed by atoms with E-state index in [-0.39, 0.29) is 35.0 Å². The number of nitrogens with one attached hydrogen (secondary N) is 1. The lowest BCUT2D eigenvalue weighted by Crippen LogP contribution is -2.18. The number of pyridine rings is 1. The molecule has 3 heterocycles. The maximum absolute atomic E-state index is 12.8. The van der Waals surface area contributed by atoms with Crippen molar-refractivity contribution >= 4 is 23.3 Å². The van der Waals surface area contributed by atoms with E-state index >= 15 is 0 Å². The Labute approximate surface area is 155 Å². The van der Waals surface area contributed by atoms with E-state index < -0.39 is 23.6 Å². The zero-order valence-electron chi connectivity index (χ0n) is 14.3. The quantitative estimate of drug-likeness (QED) is 0.678. The van der Waals surface area contributed by atoms with E-state index in [1.165, 1.54) is 19.4 Å². The molecule has 0 fully saturated rings. The van der Waals surface area contributed by atoms with Gasteiger partial charge in [0.1, 0.15) is 22.8 Å². The molecule has 0 atom stereocenters. The van der Waals surface area contributed by atoms with Gasteiger partial charge in [-0.15, -0.1) is 0 Å². The fourth-order valence-electron chi connectivity index (χ4n) is 2.51. The number of methoxy groups -OCH3 is 1. The number of hydrogen-bond donors (Lipinski definition) is 2. The highest BCUT2D eigenvalue weighted by Gasteiger charge is 2.31. The first-order chi connectivity index (χ1) is 13.2. The van der Waals surface area contributed by atoms with Crippen LogP contribution >= 0.6 is 0 Å². The number of nitrogens with two attached hydrogens (primary N) is 1. The van der Waals surface area contributed by atoms with Crippen molar-refractivity contribution in [2.45, 2.75) is 12.8 Å². The van der Waals surface area contributed by atoms with Gasteiger partial charge in [0.15, 0.2) is 5.65 Å². The van der Waals surface area contributed by atoms with Gasteiger partial charge in [0.2, 0.25) is 0 Å². The predicted octanol–water partition coefficient (Wildman–Crippen LogP) is 1.64. The van der Waals surface area contributed by atoms with E-state index in [0.717, 1.165) is 16.8 Å². The summed E-state index contributed by atoms with van der Waals surface area (Å²) in [5, 5.41) is 6.38. The van der Waals surface area contributed by atoms with E-state index in [1.54, 1.807) is 0 Å². The first-order valence-corrected chi connectivity index (χ1v) is 7.72. The first kappa shape index (κ1) is 19.2. The molecular formula is C16H13F3N6O3. The van der Waals surface area contributed by atoms with Crippen LogP contribution in [0.4, 0.5) is 19.0 Å². The maximum atomic E-state index is 12.8. The smallest absolute Gasteiger partial charge is 0.378 e. The normalized spacial score (nSPS) is 11.6. The van der Waals surface area contributed by atoms with E-state index in [9.17, 15) is 22.8 Å². The molecule has 0 aliphatic heterocycles. The molecule has 28 heavy (non-hydrogen) atoms. The van der Waals surface area contributed by atoms with Gasteiger partial charge >= 0.3 is 6.18 Å². The van der Waals surface area contributed by atoms with Crippen LogP contribution in [0, 0.1) is 0 Å². The number of hydrogen-bond acceptors (Lipinski definition) is 6. The Morgan fingerprint density at radius 3 is 2.61 bits per heavy atom. The molecule has 3 N–H and O–H groups in total. The third-order valence-corrected chi connectivity index (χ3v) is 3.68. The summed E-state index contributed by atoms with van der Waals surface area (Å²) in [6.45, 7) is -0.0577. The Hall–Kier alpha value is -3.54. The molecule has 0 unspecified atom stereocenters. The van der Waals surface area contributed by atoms with Crippen LogP contribution in [0.1, 0.15) is 32.1 Å². The van der Waals surface area contributed by atoms with Gasteiger partial charge in [-0.2, -0.15) is 18.3 Å². The molecule has 3 aromatic rings. The van der Waals surface area contributed by atoms with Gasteiger partial charge in [0.05, 0.1) is 12.2 Å². The standard InChI is InChI=1S/C16H13F3N6O3/c1-28-7-9-12(13(20)26)14-22-5-3-10(25(14)24-9)15(27)23-11-6-8(2-4-21-11)16(17,18)19/h2-6H,7H2,1H3,(H2,20,26)(H,21,23,27). The topological polar surface area (TPSA) is 124 Å². The molecule has 0 aliphatic rings. The molecule has 12 heteroatoms. The third kappa shape index (κ3) is 3.62. The molecule has 3 aromatic heterocycles. The van der Waals surface area contributed by atoms with E-state index in [2.05, 4.69) is 20.4 Å². The van der Waals surface area contributed by atoms with Crippen molar-refractivity contribution in [1.29, 1.82) is 0 Å². The van der Waals surface area contributed by atoms with Crippen LogP contribution in [-0.4, -0.2) is 38.5 Å². The molecule has 0 radical (unpaired) electrons. The second-order valence-electron chi connectivity index (χ2n) is 5.57. The minimum atomic E-state index is -4.58. The van der Waals surface area contributed by atoms with Gasteiger partial charge < -0.3 is 15.8 Å². The molecule has 2 amide bonds. The molecule has 146 valence electrons. The minimum absolute atomic E-state index is 0.0178. The summed E-state index contributed by atoms with van der Waals surface area (Å²) in [6, 6.07) is 2.76. The van der Waals surface area contributed by atoms with Crippen molar-refractivity contribution in [3.8, 4) is 0 Å².